The molecule has 8 nitrogen and oxygen atoms in total. The minimum absolute atomic E-state index is 0.154. The Bertz CT molecular complexity index is 1050. The molecule has 0 unspecified atom stereocenters. The number of nitrogens with zero attached hydrogens (tertiary/aromatic N) is 2. The van der Waals surface area contributed by atoms with E-state index in [9.17, 15) is 13.2 Å². The highest BCUT2D eigenvalue weighted by Crippen LogP contribution is 2.15. The number of hydrogen-bond acceptors (Lipinski definition) is 7. The van der Waals surface area contributed by atoms with E-state index in [0.29, 0.717) is 5.56 Å². The van der Waals surface area contributed by atoms with E-state index < -0.39 is 15.1 Å². The van der Waals surface area contributed by atoms with Crippen LogP contribution in [0.4, 0.5) is 0 Å². The number of sulfone groups is 1. The van der Waals surface area contributed by atoms with Gasteiger partial charge in [-0.15, -0.1) is 5.10 Å². The molecule has 0 radical (unpaired) electrons. The fourth-order valence-electron chi connectivity index (χ4n) is 2.62. The number of methoxy groups -OCH3 is 1. The SMILES string of the molecule is COc1ccc(CC(=O)NCCc2nnc(S(=O)(=O)Cc3ccccc3)o2)cc1. The summed E-state index contributed by atoms with van der Waals surface area (Å²) in [6.45, 7) is 0.259. The molecule has 3 rings (SSSR count). The van der Waals surface area contributed by atoms with Gasteiger partial charge in [0.15, 0.2) is 0 Å². The zero-order valence-corrected chi connectivity index (χ0v) is 16.7. The highest BCUT2D eigenvalue weighted by Gasteiger charge is 2.23. The highest BCUT2D eigenvalue weighted by molar-refractivity contribution is 7.90. The van der Waals surface area contributed by atoms with Crippen LogP contribution in [-0.2, 0) is 33.2 Å². The van der Waals surface area contributed by atoms with Crippen LogP contribution in [0.25, 0.3) is 0 Å². The standard InChI is InChI=1S/C20H21N3O5S/c1-27-17-9-7-15(8-10-17)13-18(24)21-12-11-19-22-23-20(28-19)29(25,26)14-16-5-3-2-4-6-16/h2-10H,11-14H2,1H3,(H,21,24). The van der Waals surface area contributed by atoms with Gasteiger partial charge in [-0.3, -0.25) is 4.79 Å². The first kappa shape index (κ1) is 20.5. The largest absolute Gasteiger partial charge is 0.497 e. The first-order valence-electron chi connectivity index (χ1n) is 8.95. The monoisotopic (exact) mass is 415 g/mol. The van der Waals surface area contributed by atoms with Gasteiger partial charge in [0.05, 0.1) is 19.3 Å². The lowest BCUT2D eigenvalue weighted by atomic mass is 10.1. The maximum Gasteiger partial charge on any atom is 0.335 e. The van der Waals surface area contributed by atoms with Crippen molar-refractivity contribution in [1.82, 2.24) is 15.5 Å². The predicted octanol–water partition coefficient (Wildman–Crippen LogP) is 1.95. The topological polar surface area (TPSA) is 111 Å². The molecule has 0 saturated carbocycles. The summed E-state index contributed by atoms with van der Waals surface area (Å²) in [5.41, 5.74) is 1.49. The third-order valence-electron chi connectivity index (χ3n) is 4.10. The summed E-state index contributed by atoms with van der Waals surface area (Å²) < 4.78 is 35.1. The molecule has 29 heavy (non-hydrogen) atoms. The van der Waals surface area contributed by atoms with E-state index in [1.807, 2.05) is 18.2 Å². The van der Waals surface area contributed by atoms with Gasteiger partial charge < -0.3 is 14.5 Å². The molecule has 3 aromatic rings. The van der Waals surface area contributed by atoms with Crippen molar-refractivity contribution in [3.05, 3.63) is 71.6 Å². The first-order valence-corrected chi connectivity index (χ1v) is 10.6. The second-order valence-corrected chi connectivity index (χ2v) is 8.20. The van der Waals surface area contributed by atoms with Crippen LogP contribution in [0.5, 0.6) is 5.75 Å². The molecule has 152 valence electrons. The van der Waals surface area contributed by atoms with Crippen LogP contribution in [0.15, 0.2) is 64.2 Å². The molecule has 1 aromatic heterocycles. The zero-order valence-electron chi connectivity index (χ0n) is 15.9. The van der Waals surface area contributed by atoms with Crippen molar-refractivity contribution >= 4 is 15.7 Å². The van der Waals surface area contributed by atoms with Gasteiger partial charge in [-0.05, 0) is 23.3 Å². The molecule has 0 atom stereocenters. The number of benzene rings is 2. The Morgan fingerprint density at radius 2 is 1.76 bits per heavy atom. The summed E-state index contributed by atoms with van der Waals surface area (Å²) in [6, 6.07) is 16.0. The minimum atomic E-state index is -3.72. The Morgan fingerprint density at radius 1 is 1.03 bits per heavy atom. The third-order valence-corrected chi connectivity index (χ3v) is 5.51. The molecule has 1 N–H and O–H groups in total. The van der Waals surface area contributed by atoms with E-state index >= 15 is 0 Å². The van der Waals surface area contributed by atoms with Gasteiger partial charge in [0.1, 0.15) is 5.75 Å². The first-order chi connectivity index (χ1) is 14.0. The molecule has 9 heteroatoms. The molecule has 2 aromatic carbocycles. The maximum absolute atomic E-state index is 12.4. The summed E-state index contributed by atoms with van der Waals surface area (Å²) in [5, 5.41) is 9.73. The maximum atomic E-state index is 12.4. The van der Waals surface area contributed by atoms with E-state index in [1.165, 1.54) is 0 Å². The van der Waals surface area contributed by atoms with Crippen molar-refractivity contribution in [2.75, 3.05) is 13.7 Å². The molecule has 1 amide bonds. The fraction of sp³-hybridized carbons (Fsp3) is 0.250. The zero-order chi connectivity index (χ0) is 20.7. The van der Waals surface area contributed by atoms with Gasteiger partial charge in [0.25, 0.3) is 0 Å². The van der Waals surface area contributed by atoms with E-state index in [0.717, 1.165) is 11.3 Å². The second kappa shape index (κ2) is 9.33. The van der Waals surface area contributed by atoms with E-state index in [-0.39, 0.29) is 36.9 Å². The Labute approximate surface area is 168 Å². The summed E-state index contributed by atoms with van der Waals surface area (Å²) in [4.78, 5) is 12.0. The van der Waals surface area contributed by atoms with Gasteiger partial charge >= 0.3 is 5.22 Å². The van der Waals surface area contributed by atoms with Gasteiger partial charge in [-0.2, -0.15) is 0 Å². The number of amides is 1. The number of carbonyl (C=O) groups is 1. The average molecular weight is 415 g/mol. The van der Waals surface area contributed by atoms with Crippen molar-refractivity contribution in [1.29, 1.82) is 0 Å². The molecule has 0 aliphatic heterocycles. The normalized spacial score (nSPS) is 11.2. The smallest absolute Gasteiger partial charge is 0.335 e. The van der Waals surface area contributed by atoms with Crippen LogP contribution in [0.2, 0.25) is 0 Å². The number of rotatable bonds is 9. The van der Waals surface area contributed by atoms with Gasteiger partial charge in [0.2, 0.25) is 21.6 Å². The predicted molar refractivity (Wildman–Crippen MR) is 105 cm³/mol. The van der Waals surface area contributed by atoms with Crippen molar-refractivity contribution < 1.29 is 22.4 Å². The molecule has 0 aliphatic carbocycles. The Kier molecular flexibility index (Phi) is 6.61. The number of hydrogen-bond donors (Lipinski definition) is 1. The summed E-state index contributed by atoms with van der Waals surface area (Å²) in [6.07, 6.45) is 0.465. The molecule has 0 bridgehead atoms. The molecule has 0 saturated heterocycles. The second-order valence-electron chi connectivity index (χ2n) is 6.33. The number of ether oxygens (including phenoxy) is 1. The van der Waals surface area contributed by atoms with Crippen LogP contribution < -0.4 is 10.1 Å². The Hall–Kier alpha value is -3.20. The Balaban J connectivity index is 1.49. The number of aromatic nitrogens is 2. The number of nitrogens with one attached hydrogen (secondary N) is 1. The van der Waals surface area contributed by atoms with Gasteiger partial charge in [0, 0.05) is 13.0 Å². The lowest BCUT2D eigenvalue weighted by Gasteiger charge is -2.05. The molecular formula is C20H21N3O5S. The third kappa shape index (κ3) is 5.89. The van der Waals surface area contributed by atoms with Crippen molar-refractivity contribution in [2.24, 2.45) is 0 Å². The lowest BCUT2D eigenvalue weighted by Crippen LogP contribution is -2.27. The van der Waals surface area contributed by atoms with Gasteiger partial charge in [-0.25, -0.2) is 8.42 Å². The van der Waals surface area contributed by atoms with E-state index in [2.05, 4.69) is 15.5 Å². The summed E-state index contributed by atoms with van der Waals surface area (Å²) in [5.74, 6) is 0.505. The summed E-state index contributed by atoms with van der Waals surface area (Å²) >= 11 is 0. The van der Waals surface area contributed by atoms with Crippen LogP contribution >= 0.6 is 0 Å². The lowest BCUT2D eigenvalue weighted by molar-refractivity contribution is -0.120. The molecule has 0 spiro atoms. The molecule has 1 heterocycles. The average Bonchev–Trinajstić information content (AvgIpc) is 3.19. The van der Waals surface area contributed by atoms with Gasteiger partial charge in [-0.1, -0.05) is 47.6 Å². The highest BCUT2D eigenvalue weighted by atomic mass is 32.2. The molecule has 0 aliphatic rings. The molecule has 0 fully saturated rings. The quantitative estimate of drug-likeness (QED) is 0.568. The van der Waals surface area contributed by atoms with E-state index in [4.69, 9.17) is 9.15 Å². The minimum Gasteiger partial charge on any atom is -0.497 e. The molecular weight excluding hydrogens is 394 g/mol. The van der Waals surface area contributed by atoms with E-state index in [1.54, 1.807) is 43.5 Å². The van der Waals surface area contributed by atoms with Crippen LogP contribution in [0.3, 0.4) is 0 Å². The van der Waals surface area contributed by atoms with Crippen LogP contribution in [0.1, 0.15) is 17.0 Å². The van der Waals surface area contributed by atoms with Crippen molar-refractivity contribution in [2.45, 2.75) is 23.8 Å². The van der Waals surface area contributed by atoms with Crippen molar-refractivity contribution in [3.8, 4) is 5.75 Å². The van der Waals surface area contributed by atoms with Crippen LogP contribution in [-0.4, -0.2) is 38.2 Å². The number of carbonyl (C=O) groups excluding carboxylic acids is 1. The fourth-order valence-corrected chi connectivity index (χ4v) is 3.76. The van der Waals surface area contributed by atoms with Crippen molar-refractivity contribution in [3.63, 3.8) is 0 Å². The van der Waals surface area contributed by atoms with Crippen LogP contribution in [0, 0.1) is 0 Å². The summed E-state index contributed by atoms with van der Waals surface area (Å²) in [7, 11) is -2.14. The Morgan fingerprint density at radius 3 is 2.45 bits per heavy atom.